The maximum Gasteiger partial charge on any atom is 0.203 e. The summed E-state index contributed by atoms with van der Waals surface area (Å²) in [5.41, 5.74) is 1.12. The van der Waals surface area contributed by atoms with Crippen LogP contribution in [0.5, 0.6) is 17.2 Å². The minimum Gasteiger partial charge on any atom is -0.493 e. The highest BCUT2D eigenvalue weighted by atomic mass is 16.5. The monoisotopic (exact) mass is 295 g/mol. The van der Waals surface area contributed by atoms with E-state index >= 15 is 0 Å². The number of hydrogen-bond donors (Lipinski definition) is 1. The summed E-state index contributed by atoms with van der Waals surface area (Å²) >= 11 is 0. The van der Waals surface area contributed by atoms with Crippen molar-refractivity contribution in [1.29, 1.82) is 0 Å². The molecular weight excluding hydrogens is 270 g/mol. The van der Waals surface area contributed by atoms with Gasteiger partial charge in [0.1, 0.15) is 0 Å². The molecule has 0 aliphatic carbocycles. The Balaban J connectivity index is 1.89. The molecular formula is C16H25NO4. The maximum absolute atomic E-state index is 5.38. The molecule has 5 heteroatoms. The van der Waals surface area contributed by atoms with E-state index in [9.17, 15) is 0 Å². The van der Waals surface area contributed by atoms with Crippen molar-refractivity contribution in [2.75, 3.05) is 41.1 Å². The van der Waals surface area contributed by atoms with Gasteiger partial charge in [-0.15, -0.1) is 0 Å². The van der Waals surface area contributed by atoms with Crippen LogP contribution in [0.4, 0.5) is 0 Å². The number of rotatable bonds is 8. The average molecular weight is 295 g/mol. The zero-order chi connectivity index (χ0) is 15.1. The molecule has 1 heterocycles. The molecule has 0 amide bonds. The fraction of sp³-hybridized carbons (Fsp3) is 0.625. The van der Waals surface area contributed by atoms with Gasteiger partial charge in [0, 0.05) is 19.8 Å². The van der Waals surface area contributed by atoms with Crippen molar-refractivity contribution in [3.05, 3.63) is 17.7 Å². The fourth-order valence-corrected chi connectivity index (χ4v) is 2.59. The van der Waals surface area contributed by atoms with Crippen molar-refractivity contribution in [1.82, 2.24) is 5.32 Å². The van der Waals surface area contributed by atoms with E-state index in [4.69, 9.17) is 18.9 Å². The highest BCUT2D eigenvalue weighted by Gasteiger charge is 2.15. The summed E-state index contributed by atoms with van der Waals surface area (Å²) in [5, 5.41) is 3.46. The van der Waals surface area contributed by atoms with E-state index < -0.39 is 0 Å². The van der Waals surface area contributed by atoms with Crippen molar-refractivity contribution in [3.63, 3.8) is 0 Å². The molecule has 1 aromatic rings. The zero-order valence-corrected chi connectivity index (χ0v) is 13.1. The van der Waals surface area contributed by atoms with E-state index in [2.05, 4.69) is 5.32 Å². The molecule has 5 nitrogen and oxygen atoms in total. The average Bonchev–Trinajstić information content (AvgIpc) is 3.03. The lowest BCUT2D eigenvalue weighted by atomic mass is 10.1. The third kappa shape index (κ3) is 4.25. The summed E-state index contributed by atoms with van der Waals surface area (Å²) < 4.78 is 21.4. The molecule has 0 saturated carbocycles. The van der Waals surface area contributed by atoms with Crippen LogP contribution < -0.4 is 19.5 Å². The summed E-state index contributed by atoms with van der Waals surface area (Å²) in [6.45, 7) is 3.60. The summed E-state index contributed by atoms with van der Waals surface area (Å²) in [7, 11) is 4.88. The normalized spacial score (nSPS) is 17.8. The van der Waals surface area contributed by atoms with Crippen LogP contribution in [0.1, 0.15) is 18.4 Å². The fourth-order valence-electron chi connectivity index (χ4n) is 2.59. The number of benzene rings is 1. The van der Waals surface area contributed by atoms with Crippen molar-refractivity contribution in [3.8, 4) is 17.2 Å². The predicted molar refractivity (Wildman–Crippen MR) is 81.3 cm³/mol. The Kier molecular flexibility index (Phi) is 6.14. The van der Waals surface area contributed by atoms with Crippen LogP contribution in [0.2, 0.25) is 0 Å². The van der Waals surface area contributed by atoms with E-state index in [-0.39, 0.29) is 0 Å². The van der Waals surface area contributed by atoms with Gasteiger partial charge >= 0.3 is 0 Å². The smallest absolute Gasteiger partial charge is 0.203 e. The van der Waals surface area contributed by atoms with Crippen LogP contribution in [-0.2, 0) is 11.3 Å². The summed E-state index contributed by atoms with van der Waals surface area (Å²) in [6.07, 6.45) is 2.34. The first-order valence-corrected chi connectivity index (χ1v) is 7.35. The van der Waals surface area contributed by atoms with Crippen molar-refractivity contribution in [2.24, 2.45) is 5.92 Å². The van der Waals surface area contributed by atoms with Gasteiger partial charge in [-0.25, -0.2) is 0 Å². The first-order chi connectivity index (χ1) is 10.3. The lowest BCUT2D eigenvalue weighted by Gasteiger charge is -2.15. The molecule has 1 aliphatic rings. The number of methoxy groups -OCH3 is 3. The summed E-state index contributed by atoms with van der Waals surface area (Å²) in [6, 6.07) is 3.96. The van der Waals surface area contributed by atoms with Crippen LogP contribution in [0, 0.1) is 5.92 Å². The Morgan fingerprint density at radius 3 is 2.38 bits per heavy atom. The van der Waals surface area contributed by atoms with E-state index in [1.54, 1.807) is 21.3 Å². The Morgan fingerprint density at radius 2 is 1.86 bits per heavy atom. The van der Waals surface area contributed by atoms with E-state index in [0.29, 0.717) is 23.2 Å². The molecule has 2 rings (SSSR count). The molecule has 0 radical (unpaired) electrons. The second-order valence-corrected chi connectivity index (χ2v) is 5.23. The molecule has 21 heavy (non-hydrogen) atoms. The predicted octanol–water partition coefficient (Wildman–Crippen LogP) is 2.23. The van der Waals surface area contributed by atoms with E-state index in [1.807, 2.05) is 12.1 Å². The molecule has 0 aromatic heterocycles. The van der Waals surface area contributed by atoms with Gasteiger partial charge in [-0.05, 0) is 43.0 Å². The van der Waals surface area contributed by atoms with Crippen LogP contribution in [0.15, 0.2) is 12.1 Å². The molecule has 1 unspecified atom stereocenters. The van der Waals surface area contributed by atoms with Gasteiger partial charge in [-0.2, -0.15) is 0 Å². The third-order valence-electron chi connectivity index (χ3n) is 3.81. The molecule has 1 atom stereocenters. The Morgan fingerprint density at radius 1 is 1.14 bits per heavy atom. The van der Waals surface area contributed by atoms with Crippen molar-refractivity contribution >= 4 is 0 Å². The lowest BCUT2D eigenvalue weighted by Crippen LogP contribution is -2.18. The molecule has 1 aromatic carbocycles. The molecule has 1 N–H and O–H groups in total. The van der Waals surface area contributed by atoms with Gasteiger partial charge < -0.3 is 24.3 Å². The topological polar surface area (TPSA) is 49.0 Å². The largest absolute Gasteiger partial charge is 0.493 e. The van der Waals surface area contributed by atoms with Gasteiger partial charge in [-0.3, -0.25) is 0 Å². The first-order valence-electron chi connectivity index (χ1n) is 7.35. The zero-order valence-electron chi connectivity index (χ0n) is 13.1. The van der Waals surface area contributed by atoms with E-state index in [0.717, 1.165) is 38.3 Å². The first kappa shape index (κ1) is 15.9. The van der Waals surface area contributed by atoms with Gasteiger partial charge in [0.05, 0.1) is 21.3 Å². The standard InChI is InChI=1S/C16H25NO4/c1-18-14-8-13(9-15(19-2)16(14)20-3)10-17-6-4-12-5-7-21-11-12/h8-9,12,17H,4-7,10-11H2,1-3H3. The minimum absolute atomic E-state index is 0.631. The molecule has 1 saturated heterocycles. The molecule has 118 valence electrons. The molecule has 0 spiro atoms. The molecule has 1 fully saturated rings. The second-order valence-electron chi connectivity index (χ2n) is 5.23. The van der Waals surface area contributed by atoms with Gasteiger partial charge in [-0.1, -0.05) is 0 Å². The Labute approximate surface area is 126 Å². The summed E-state index contributed by atoms with van der Waals surface area (Å²) in [4.78, 5) is 0. The van der Waals surface area contributed by atoms with Crippen LogP contribution >= 0.6 is 0 Å². The Hall–Kier alpha value is -1.46. The second kappa shape index (κ2) is 8.10. The Bertz CT molecular complexity index is 419. The van der Waals surface area contributed by atoms with Crippen LogP contribution in [0.25, 0.3) is 0 Å². The van der Waals surface area contributed by atoms with Gasteiger partial charge in [0.2, 0.25) is 5.75 Å². The highest BCUT2D eigenvalue weighted by Crippen LogP contribution is 2.38. The van der Waals surface area contributed by atoms with Gasteiger partial charge in [0.15, 0.2) is 11.5 Å². The lowest BCUT2D eigenvalue weighted by molar-refractivity contribution is 0.184. The maximum atomic E-state index is 5.38. The number of nitrogens with one attached hydrogen (secondary N) is 1. The van der Waals surface area contributed by atoms with Crippen LogP contribution in [-0.4, -0.2) is 41.1 Å². The highest BCUT2D eigenvalue weighted by molar-refractivity contribution is 5.53. The SMILES string of the molecule is COc1cc(CNCCC2CCOC2)cc(OC)c1OC. The third-order valence-corrected chi connectivity index (χ3v) is 3.81. The quantitative estimate of drug-likeness (QED) is 0.745. The number of ether oxygens (including phenoxy) is 4. The summed E-state index contributed by atoms with van der Waals surface area (Å²) in [5.74, 6) is 2.72. The van der Waals surface area contributed by atoms with Crippen molar-refractivity contribution < 1.29 is 18.9 Å². The molecule has 1 aliphatic heterocycles. The molecule has 0 bridgehead atoms. The minimum atomic E-state index is 0.631. The van der Waals surface area contributed by atoms with Crippen molar-refractivity contribution in [2.45, 2.75) is 19.4 Å². The van der Waals surface area contributed by atoms with Gasteiger partial charge in [0.25, 0.3) is 0 Å². The number of hydrogen-bond acceptors (Lipinski definition) is 5. The van der Waals surface area contributed by atoms with E-state index in [1.165, 1.54) is 6.42 Å². The van der Waals surface area contributed by atoms with Crippen LogP contribution in [0.3, 0.4) is 0 Å².